The van der Waals surface area contributed by atoms with E-state index in [1.165, 1.54) is 0 Å². The third kappa shape index (κ3) is 3.33. The summed E-state index contributed by atoms with van der Waals surface area (Å²) >= 11 is 5.52. The molecule has 0 spiro atoms. The molecule has 0 heterocycles. The van der Waals surface area contributed by atoms with Crippen LogP contribution in [0.25, 0.3) is 0 Å². The van der Waals surface area contributed by atoms with Gasteiger partial charge in [-0.05, 0) is 19.1 Å². The maximum absolute atomic E-state index is 12.4. The van der Waals surface area contributed by atoms with Gasteiger partial charge in [-0.25, -0.2) is 8.78 Å². The van der Waals surface area contributed by atoms with Gasteiger partial charge in [0.15, 0.2) is 11.5 Å². The number of benzene rings is 1. The van der Waals surface area contributed by atoms with Crippen LogP contribution in [0.1, 0.15) is 29.3 Å². The van der Waals surface area contributed by atoms with Crippen LogP contribution in [-0.4, -0.2) is 12.4 Å². The van der Waals surface area contributed by atoms with Crippen LogP contribution in [0.15, 0.2) is 12.1 Å². The molecule has 0 saturated heterocycles. The molecule has 0 saturated carbocycles. The number of hydrogen-bond acceptors (Lipinski definition) is 2. The number of carbonyl (C=O) groups is 1. The average Bonchev–Trinajstić information content (AvgIpc) is 2.19. The summed E-state index contributed by atoms with van der Waals surface area (Å²) in [6, 6.07) is 1.58. The number of ether oxygens (including phenoxy) is 1. The van der Waals surface area contributed by atoms with E-state index in [1.54, 1.807) is 0 Å². The standard InChI is InChI=1S/C10H7ClF4O2/c1-4(16)6-2-5(9(12)13)3-7(11)8(6)17-10(14)15/h2-3,9-10H,1H3. The molecule has 94 valence electrons. The zero-order valence-corrected chi connectivity index (χ0v) is 9.27. The molecule has 1 aromatic carbocycles. The highest BCUT2D eigenvalue weighted by atomic mass is 35.5. The Kier molecular flexibility index (Phi) is 4.34. The Morgan fingerprint density at radius 1 is 1.29 bits per heavy atom. The molecule has 0 N–H and O–H groups in total. The van der Waals surface area contributed by atoms with Crippen molar-refractivity contribution >= 4 is 17.4 Å². The molecule has 0 aliphatic rings. The Labute approximate surface area is 99.1 Å². The molecule has 0 fully saturated rings. The van der Waals surface area contributed by atoms with Gasteiger partial charge in [-0.1, -0.05) is 11.6 Å². The maximum atomic E-state index is 12.4. The summed E-state index contributed by atoms with van der Waals surface area (Å²) < 4.78 is 53.0. The fourth-order valence-corrected chi connectivity index (χ4v) is 1.48. The topological polar surface area (TPSA) is 26.3 Å². The summed E-state index contributed by atoms with van der Waals surface area (Å²) in [6.45, 7) is -2.15. The predicted molar refractivity (Wildman–Crippen MR) is 53.0 cm³/mol. The lowest BCUT2D eigenvalue weighted by Crippen LogP contribution is -2.08. The van der Waals surface area contributed by atoms with Crippen LogP contribution in [0, 0.1) is 0 Å². The lowest BCUT2D eigenvalue weighted by molar-refractivity contribution is -0.0500. The normalized spacial score (nSPS) is 11.1. The molecule has 0 amide bonds. The smallest absolute Gasteiger partial charge is 0.387 e. The first-order chi connectivity index (χ1) is 7.82. The van der Waals surface area contributed by atoms with E-state index >= 15 is 0 Å². The second kappa shape index (κ2) is 5.35. The number of halogens is 5. The number of hydrogen-bond donors (Lipinski definition) is 0. The molecule has 0 aliphatic carbocycles. The molecule has 1 aromatic rings. The largest absolute Gasteiger partial charge is 0.432 e. The SMILES string of the molecule is CC(=O)c1cc(C(F)F)cc(Cl)c1OC(F)F. The van der Waals surface area contributed by atoms with Crippen molar-refractivity contribution in [3.63, 3.8) is 0 Å². The second-order valence-electron chi connectivity index (χ2n) is 3.11. The Balaban J connectivity index is 3.33. The lowest BCUT2D eigenvalue weighted by atomic mass is 10.1. The van der Waals surface area contributed by atoms with E-state index in [4.69, 9.17) is 11.6 Å². The van der Waals surface area contributed by atoms with Crippen molar-refractivity contribution in [2.24, 2.45) is 0 Å². The molecule has 17 heavy (non-hydrogen) atoms. The molecular formula is C10H7ClF4O2. The highest BCUT2D eigenvalue weighted by Crippen LogP contribution is 2.35. The van der Waals surface area contributed by atoms with Crippen LogP contribution in [0.4, 0.5) is 17.6 Å². The van der Waals surface area contributed by atoms with Gasteiger partial charge in [0.1, 0.15) is 0 Å². The zero-order valence-electron chi connectivity index (χ0n) is 8.52. The van der Waals surface area contributed by atoms with Crippen molar-refractivity contribution in [1.29, 1.82) is 0 Å². The quantitative estimate of drug-likeness (QED) is 0.609. The predicted octanol–water partition coefficient (Wildman–Crippen LogP) is 4.08. The average molecular weight is 271 g/mol. The molecule has 0 atom stereocenters. The minimum absolute atomic E-state index is 0.395. The number of Topliss-reactive ketones (excluding diaryl/α,β-unsaturated/α-hetero) is 1. The lowest BCUT2D eigenvalue weighted by Gasteiger charge is -2.12. The van der Waals surface area contributed by atoms with Crippen LogP contribution in [-0.2, 0) is 0 Å². The number of alkyl halides is 4. The first-order valence-electron chi connectivity index (χ1n) is 4.40. The van der Waals surface area contributed by atoms with Crippen molar-refractivity contribution in [2.75, 3.05) is 0 Å². The van der Waals surface area contributed by atoms with Gasteiger partial charge in [-0.2, -0.15) is 8.78 Å². The van der Waals surface area contributed by atoms with Gasteiger partial charge in [0, 0.05) is 5.56 Å². The van der Waals surface area contributed by atoms with Crippen molar-refractivity contribution in [3.05, 3.63) is 28.3 Å². The minimum atomic E-state index is -3.19. The van der Waals surface area contributed by atoms with E-state index in [-0.39, 0.29) is 0 Å². The molecule has 2 nitrogen and oxygen atoms in total. The van der Waals surface area contributed by atoms with Crippen LogP contribution < -0.4 is 4.74 Å². The van der Waals surface area contributed by atoms with Crippen molar-refractivity contribution in [1.82, 2.24) is 0 Å². The van der Waals surface area contributed by atoms with E-state index in [2.05, 4.69) is 4.74 Å². The Morgan fingerprint density at radius 2 is 1.88 bits per heavy atom. The number of carbonyl (C=O) groups excluding carboxylic acids is 1. The van der Waals surface area contributed by atoms with Crippen LogP contribution >= 0.6 is 11.6 Å². The number of ketones is 1. The molecule has 0 aromatic heterocycles. The molecule has 1 rings (SSSR count). The first-order valence-corrected chi connectivity index (χ1v) is 4.78. The summed E-state index contributed by atoms with van der Waals surface area (Å²) in [7, 11) is 0. The highest BCUT2D eigenvalue weighted by molar-refractivity contribution is 6.32. The van der Waals surface area contributed by atoms with Gasteiger partial charge in [0.25, 0.3) is 6.43 Å². The summed E-state index contributed by atoms with van der Waals surface area (Å²) in [4.78, 5) is 11.1. The van der Waals surface area contributed by atoms with Crippen LogP contribution in [0.3, 0.4) is 0 Å². The molecule has 0 aliphatic heterocycles. The van der Waals surface area contributed by atoms with E-state index < -0.39 is 40.7 Å². The molecule has 0 radical (unpaired) electrons. The monoisotopic (exact) mass is 270 g/mol. The van der Waals surface area contributed by atoms with Gasteiger partial charge in [-0.3, -0.25) is 4.79 Å². The van der Waals surface area contributed by atoms with E-state index in [0.29, 0.717) is 0 Å². The van der Waals surface area contributed by atoms with Gasteiger partial charge in [0.05, 0.1) is 10.6 Å². The van der Waals surface area contributed by atoms with Crippen LogP contribution in [0.2, 0.25) is 5.02 Å². The maximum Gasteiger partial charge on any atom is 0.387 e. The first kappa shape index (κ1) is 13.8. The van der Waals surface area contributed by atoms with Gasteiger partial charge in [-0.15, -0.1) is 0 Å². The molecule has 0 bridgehead atoms. The molecular weight excluding hydrogens is 264 g/mol. The Bertz CT molecular complexity index is 435. The number of rotatable bonds is 4. The third-order valence-corrected chi connectivity index (χ3v) is 2.18. The summed E-state index contributed by atoms with van der Waals surface area (Å²) in [6.07, 6.45) is -2.86. The van der Waals surface area contributed by atoms with Crippen molar-refractivity contribution < 1.29 is 27.1 Å². The fourth-order valence-electron chi connectivity index (χ4n) is 1.21. The van der Waals surface area contributed by atoms with Crippen molar-refractivity contribution in [2.45, 2.75) is 20.0 Å². The highest BCUT2D eigenvalue weighted by Gasteiger charge is 2.20. The van der Waals surface area contributed by atoms with Gasteiger partial charge in [0.2, 0.25) is 0 Å². The fraction of sp³-hybridized carbons (Fsp3) is 0.300. The van der Waals surface area contributed by atoms with Crippen LogP contribution in [0.5, 0.6) is 5.75 Å². The Morgan fingerprint density at radius 3 is 2.29 bits per heavy atom. The second-order valence-corrected chi connectivity index (χ2v) is 3.52. The van der Waals surface area contributed by atoms with Gasteiger partial charge >= 0.3 is 6.61 Å². The Hall–Kier alpha value is -1.30. The summed E-state index contributed by atoms with van der Waals surface area (Å²) in [5.41, 5.74) is -0.921. The third-order valence-electron chi connectivity index (χ3n) is 1.90. The zero-order chi connectivity index (χ0) is 13.2. The molecule has 7 heteroatoms. The summed E-state index contributed by atoms with van der Waals surface area (Å²) in [5, 5.41) is -0.451. The minimum Gasteiger partial charge on any atom is -0.432 e. The van der Waals surface area contributed by atoms with E-state index in [0.717, 1.165) is 19.1 Å². The molecule has 0 unspecified atom stereocenters. The van der Waals surface area contributed by atoms with Crippen molar-refractivity contribution in [3.8, 4) is 5.75 Å². The van der Waals surface area contributed by atoms with Gasteiger partial charge < -0.3 is 4.74 Å². The van der Waals surface area contributed by atoms with E-state index in [9.17, 15) is 22.4 Å². The van der Waals surface area contributed by atoms with E-state index in [1.807, 2.05) is 0 Å². The summed E-state index contributed by atoms with van der Waals surface area (Å²) in [5.74, 6) is -1.27.